The van der Waals surface area contributed by atoms with Crippen LogP contribution in [-0.2, 0) is 13.2 Å². The molecule has 0 radical (unpaired) electrons. The van der Waals surface area contributed by atoms with Gasteiger partial charge in [0.05, 0.1) is 11.8 Å². The number of aromatic nitrogens is 2. The molecule has 0 fully saturated rings. The summed E-state index contributed by atoms with van der Waals surface area (Å²) in [5.41, 5.74) is 4.91. The number of nitrogens with two attached hydrogens (primary N) is 1. The predicted molar refractivity (Wildman–Crippen MR) is 67.0 cm³/mol. The molecule has 1 aromatic heterocycles. The predicted octanol–water partition coefficient (Wildman–Crippen LogP) is 2.27. The number of carbonyl (C=O) groups excluding carboxylic acids is 1. The molecule has 8 heteroatoms. The molecule has 0 aliphatic carbocycles. The Morgan fingerprint density at radius 1 is 1.40 bits per heavy atom. The number of aryl methyl sites for hydroxylation is 1. The van der Waals surface area contributed by atoms with Gasteiger partial charge in [0.25, 0.3) is 5.91 Å². The van der Waals surface area contributed by atoms with Crippen LogP contribution in [0.2, 0.25) is 0 Å². The second-order valence-corrected chi connectivity index (χ2v) is 4.10. The number of alkyl halides is 3. The summed E-state index contributed by atoms with van der Waals surface area (Å²) in [6, 6.07) is 4.35. The van der Waals surface area contributed by atoms with Gasteiger partial charge in [0, 0.05) is 12.7 Å². The van der Waals surface area contributed by atoms with Gasteiger partial charge in [-0.1, -0.05) is 6.07 Å². The van der Waals surface area contributed by atoms with Crippen LogP contribution in [0.3, 0.4) is 0 Å². The van der Waals surface area contributed by atoms with Crippen molar-refractivity contribution in [2.24, 2.45) is 7.05 Å². The number of halogens is 3. The van der Waals surface area contributed by atoms with E-state index >= 15 is 0 Å². The summed E-state index contributed by atoms with van der Waals surface area (Å²) >= 11 is 0. The zero-order valence-corrected chi connectivity index (χ0v) is 10.4. The number of hydrogen-bond acceptors (Lipinski definition) is 3. The molecular formula is C12H11F3N4O. The van der Waals surface area contributed by atoms with Crippen LogP contribution in [0.25, 0.3) is 0 Å². The second-order valence-electron chi connectivity index (χ2n) is 4.10. The van der Waals surface area contributed by atoms with Gasteiger partial charge in [0.2, 0.25) is 0 Å². The molecule has 20 heavy (non-hydrogen) atoms. The van der Waals surface area contributed by atoms with Crippen LogP contribution in [-0.4, -0.2) is 15.7 Å². The summed E-state index contributed by atoms with van der Waals surface area (Å²) in [7, 11) is 1.55. The van der Waals surface area contributed by atoms with Crippen molar-refractivity contribution in [1.29, 1.82) is 0 Å². The molecule has 0 aliphatic heterocycles. The van der Waals surface area contributed by atoms with E-state index in [0.717, 1.165) is 12.1 Å². The third kappa shape index (κ3) is 2.73. The molecule has 0 aliphatic rings. The first-order chi connectivity index (χ1) is 9.29. The van der Waals surface area contributed by atoms with E-state index in [1.54, 1.807) is 7.05 Å². The van der Waals surface area contributed by atoms with Crippen molar-refractivity contribution in [3.8, 4) is 0 Å². The van der Waals surface area contributed by atoms with E-state index in [1.807, 2.05) is 0 Å². The number of anilines is 2. The highest BCUT2D eigenvalue weighted by molar-refractivity contribution is 6.07. The minimum absolute atomic E-state index is 0.0353. The Labute approximate surface area is 112 Å². The molecule has 106 valence electrons. The van der Waals surface area contributed by atoms with Crippen LogP contribution in [0.1, 0.15) is 15.9 Å². The molecule has 2 aromatic rings. The Balaban J connectivity index is 2.22. The van der Waals surface area contributed by atoms with Crippen molar-refractivity contribution in [2.45, 2.75) is 6.18 Å². The molecular weight excluding hydrogens is 273 g/mol. The molecule has 0 unspecified atom stereocenters. The van der Waals surface area contributed by atoms with Gasteiger partial charge in [-0.15, -0.1) is 0 Å². The number of nitrogen functional groups attached to an aromatic ring is 1. The molecule has 1 amide bonds. The zero-order chi connectivity index (χ0) is 14.9. The van der Waals surface area contributed by atoms with Crippen molar-refractivity contribution in [2.75, 3.05) is 11.1 Å². The van der Waals surface area contributed by atoms with E-state index in [9.17, 15) is 18.0 Å². The minimum Gasteiger partial charge on any atom is -0.383 e. The Kier molecular flexibility index (Phi) is 3.39. The second kappa shape index (κ2) is 4.87. The lowest BCUT2D eigenvalue weighted by Crippen LogP contribution is -2.14. The average molecular weight is 284 g/mol. The SMILES string of the molecule is Cn1ncc(C(=O)Nc2cccc(C(F)(F)F)c2)c1N. The highest BCUT2D eigenvalue weighted by atomic mass is 19.4. The van der Waals surface area contributed by atoms with Crippen LogP contribution in [0, 0.1) is 0 Å². The van der Waals surface area contributed by atoms with Gasteiger partial charge in [-0.25, -0.2) is 0 Å². The Morgan fingerprint density at radius 2 is 2.10 bits per heavy atom. The standard InChI is InChI=1S/C12H11F3N4O/c1-19-10(16)9(6-17-19)11(20)18-8-4-2-3-7(5-8)12(13,14)15/h2-6H,16H2,1H3,(H,18,20). The summed E-state index contributed by atoms with van der Waals surface area (Å²) in [6.07, 6.45) is -3.22. The maximum absolute atomic E-state index is 12.5. The summed E-state index contributed by atoms with van der Waals surface area (Å²) in [5, 5.41) is 6.14. The maximum atomic E-state index is 12.5. The van der Waals surface area contributed by atoms with Crippen molar-refractivity contribution in [3.63, 3.8) is 0 Å². The zero-order valence-electron chi connectivity index (χ0n) is 10.4. The molecule has 1 aromatic carbocycles. The van der Waals surface area contributed by atoms with E-state index in [1.165, 1.54) is 23.0 Å². The maximum Gasteiger partial charge on any atom is 0.416 e. The molecule has 0 saturated carbocycles. The van der Waals surface area contributed by atoms with E-state index in [0.29, 0.717) is 0 Å². The molecule has 0 spiro atoms. The molecule has 0 atom stereocenters. The smallest absolute Gasteiger partial charge is 0.383 e. The number of hydrogen-bond donors (Lipinski definition) is 2. The summed E-state index contributed by atoms with van der Waals surface area (Å²) in [5.74, 6) is -0.482. The Bertz CT molecular complexity index is 648. The highest BCUT2D eigenvalue weighted by Gasteiger charge is 2.30. The van der Waals surface area contributed by atoms with Gasteiger partial charge >= 0.3 is 6.18 Å². The fourth-order valence-electron chi connectivity index (χ4n) is 1.59. The molecule has 3 N–H and O–H groups in total. The quantitative estimate of drug-likeness (QED) is 0.888. The monoisotopic (exact) mass is 284 g/mol. The van der Waals surface area contributed by atoms with Crippen molar-refractivity contribution in [3.05, 3.63) is 41.6 Å². The van der Waals surface area contributed by atoms with Gasteiger partial charge in [0.15, 0.2) is 0 Å². The molecule has 5 nitrogen and oxygen atoms in total. The molecule has 0 saturated heterocycles. The van der Waals surface area contributed by atoms with Crippen molar-refractivity contribution < 1.29 is 18.0 Å². The Hall–Kier alpha value is -2.51. The van der Waals surface area contributed by atoms with Crippen LogP contribution in [0.15, 0.2) is 30.5 Å². The van der Waals surface area contributed by atoms with E-state index < -0.39 is 17.6 Å². The lowest BCUT2D eigenvalue weighted by Gasteiger charge is -2.09. The first-order valence-electron chi connectivity index (χ1n) is 5.55. The van der Waals surface area contributed by atoms with Gasteiger partial charge in [-0.3, -0.25) is 9.48 Å². The third-order valence-corrected chi connectivity index (χ3v) is 2.68. The molecule has 1 heterocycles. The fraction of sp³-hybridized carbons (Fsp3) is 0.167. The van der Waals surface area contributed by atoms with Gasteiger partial charge in [-0.2, -0.15) is 18.3 Å². The van der Waals surface area contributed by atoms with Crippen LogP contribution < -0.4 is 11.1 Å². The summed E-state index contributed by atoms with van der Waals surface area (Å²) in [6.45, 7) is 0. The van der Waals surface area contributed by atoms with Crippen LogP contribution >= 0.6 is 0 Å². The van der Waals surface area contributed by atoms with Crippen molar-refractivity contribution >= 4 is 17.4 Å². The lowest BCUT2D eigenvalue weighted by atomic mass is 10.2. The van der Waals surface area contributed by atoms with Gasteiger partial charge in [-0.05, 0) is 18.2 Å². The number of nitrogens with zero attached hydrogens (tertiary/aromatic N) is 2. The normalized spacial score (nSPS) is 11.4. The van der Waals surface area contributed by atoms with Crippen LogP contribution in [0.5, 0.6) is 0 Å². The largest absolute Gasteiger partial charge is 0.416 e. The van der Waals surface area contributed by atoms with E-state index in [2.05, 4.69) is 10.4 Å². The summed E-state index contributed by atoms with van der Waals surface area (Å²) in [4.78, 5) is 11.9. The third-order valence-electron chi connectivity index (χ3n) is 2.68. The number of benzene rings is 1. The number of nitrogens with one attached hydrogen (secondary N) is 1. The van der Waals surface area contributed by atoms with Crippen LogP contribution in [0.4, 0.5) is 24.7 Å². The number of rotatable bonds is 2. The fourth-order valence-corrected chi connectivity index (χ4v) is 1.59. The van der Waals surface area contributed by atoms with E-state index in [-0.39, 0.29) is 17.1 Å². The average Bonchev–Trinajstić information content (AvgIpc) is 2.69. The highest BCUT2D eigenvalue weighted by Crippen LogP contribution is 2.30. The molecule has 0 bridgehead atoms. The number of carbonyl (C=O) groups is 1. The van der Waals surface area contributed by atoms with Gasteiger partial charge in [0.1, 0.15) is 11.4 Å². The lowest BCUT2D eigenvalue weighted by molar-refractivity contribution is -0.137. The van der Waals surface area contributed by atoms with E-state index in [4.69, 9.17) is 5.73 Å². The number of amides is 1. The minimum atomic E-state index is -4.46. The van der Waals surface area contributed by atoms with Crippen molar-refractivity contribution in [1.82, 2.24) is 9.78 Å². The first kappa shape index (κ1) is 13.9. The summed E-state index contributed by atoms with van der Waals surface area (Å²) < 4.78 is 38.9. The first-order valence-corrected chi connectivity index (χ1v) is 5.55. The molecule has 2 rings (SSSR count). The van der Waals surface area contributed by atoms with Gasteiger partial charge < -0.3 is 11.1 Å². The topological polar surface area (TPSA) is 72.9 Å². The Morgan fingerprint density at radius 3 is 2.65 bits per heavy atom.